The van der Waals surface area contributed by atoms with Crippen LogP contribution in [0.3, 0.4) is 0 Å². The topological polar surface area (TPSA) is 69.9 Å². The Hall–Kier alpha value is -0.160. The molecule has 54 valence electrons. The standard InChI is InChI=1S/C5H10O4/c6-3-1-2-9-5(8)4(3)7/h3-8H,1-2H2/t3-,4-,5-/m1/s1. The molecule has 0 amide bonds. The van der Waals surface area contributed by atoms with Gasteiger partial charge in [0.05, 0.1) is 12.7 Å². The minimum atomic E-state index is -1.21. The summed E-state index contributed by atoms with van der Waals surface area (Å²) in [6, 6.07) is 0. The van der Waals surface area contributed by atoms with E-state index in [1.807, 2.05) is 0 Å². The SMILES string of the molecule is O[C@@H]1[C@H](O)CCO[C@H]1O. The van der Waals surface area contributed by atoms with Crippen molar-refractivity contribution in [3.63, 3.8) is 0 Å². The van der Waals surface area contributed by atoms with Crippen molar-refractivity contribution < 1.29 is 20.1 Å². The van der Waals surface area contributed by atoms with Gasteiger partial charge in [0.15, 0.2) is 6.29 Å². The number of hydrogen-bond donors (Lipinski definition) is 3. The van der Waals surface area contributed by atoms with Crippen LogP contribution in [0.4, 0.5) is 0 Å². The van der Waals surface area contributed by atoms with Crippen LogP contribution in [0.1, 0.15) is 6.42 Å². The number of aliphatic hydroxyl groups excluding tert-OH is 3. The average Bonchev–Trinajstić information content (AvgIpc) is 1.83. The zero-order valence-corrected chi connectivity index (χ0v) is 4.90. The second-order valence-electron chi connectivity index (χ2n) is 2.11. The Morgan fingerprint density at radius 3 is 2.33 bits per heavy atom. The van der Waals surface area contributed by atoms with E-state index in [0.29, 0.717) is 13.0 Å². The van der Waals surface area contributed by atoms with Crippen LogP contribution in [0.15, 0.2) is 0 Å². The van der Waals surface area contributed by atoms with Crippen LogP contribution in [-0.4, -0.2) is 40.4 Å². The highest BCUT2D eigenvalue weighted by molar-refractivity contribution is 4.73. The molecule has 0 unspecified atom stereocenters. The van der Waals surface area contributed by atoms with E-state index in [4.69, 9.17) is 15.3 Å². The first-order chi connectivity index (χ1) is 4.22. The number of hydrogen-bond acceptors (Lipinski definition) is 4. The second kappa shape index (κ2) is 2.62. The van der Waals surface area contributed by atoms with Crippen LogP contribution in [-0.2, 0) is 4.74 Å². The quantitative estimate of drug-likeness (QED) is 0.375. The van der Waals surface area contributed by atoms with Gasteiger partial charge in [-0.1, -0.05) is 0 Å². The molecule has 0 radical (unpaired) electrons. The van der Waals surface area contributed by atoms with Crippen molar-refractivity contribution in [1.29, 1.82) is 0 Å². The first kappa shape index (κ1) is 6.95. The van der Waals surface area contributed by atoms with Gasteiger partial charge < -0.3 is 20.1 Å². The predicted molar refractivity (Wildman–Crippen MR) is 28.6 cm³/mol. The van der Waals surface area contributed by atoms with E-state index in [9.17, 15) is 0 Å². The van der Waals surface area contributed by atoms with Crippen molar-refractivity contribution >= 4 is 0 Å². The van der Waals surface area contributed by atoms with Crippen molar-refractivity contribution in [3.05, 3.63) is 0 Å². The maximum absolute atomic E-state index is 8.86. The van der Waals surface area contributed by atoms with Crippen LogP contribution in [0.25, 0.3) is 0 Å². The summed E-state index contributed by atoms with van der Waals surface area (Å²) in [5.41, 5.74) is 0. The largest absolute Gasteiger partial charge is 0.390 e. The van der Waals surface area contributed by atoms with Gasteiger partial charge in [-0.3, -0.25) is 0 Å². The Bertz CT molecular complexity index is 85.0. The summed E-state index contributed by atoms with van der Waals surface area (Å²) in [6.07, 6.45) is -2.81. The maximum atomic E-state index is 8.86. The van der Waals surface area contributed by atoms with Gasteiger partial charge in [-0.2, -0.15) is 0 Å². The van der Waals surface area contributed by atoms with Crippen molar-refractivity contribution in [1.82, 2.24) is 0 Å². The molecule has 1 fully saturated rings. The van der Waals surface area contributed by atoms with E-state index in [-0.39, 0.29) is 0 Å². The number of aliphatic hydroxyl groups is 3. The fourth-order valence-corrected chi connectivity index (χ4v) is 0.769. The average molecular weight is 134 g/mol. The molecule has 0 aliphatic carbocycles. The molecule has 0 aromatic rings. The van der Waals surface area contributed by atoms with Gasteiger partial charge >= 0.3 is 0 Å². The van der Waals surface area contributed by atoms with E-state index in [1.54, 1.807) is 0 Å². The Morgan fingerprint density at radius 2 is 1.89 bits per heavy atom. The first-order valence-electron chi connectivity index (χ1n) is 2.87. The van der Waals surface area contributed by atoms with Gasteiger partial charge in [-0.25, -0.2) is 0 Å². The Labute approximate surface area is 52.7 Å². The zero-order chi connectivity index (χ0) is 6.85. The molecular formula is C5H10O4. The summed E-state index contributed by atoms with van der Waals surface area (Å²) >= 11 is 0. The minimum Gasteiger partial charge on any atom is -0.390 e. The third kappa shape index (κ3) is 1.40. The van der Waals surface area contributed by atoms with Crippen molar-refractivity contribution in [2.24, 2.45) is 0 Å². The van der Waals surface area contributed by atoms with E-state index in [0.717, 1.165) is 0 Å². The minimum absolute atomic E-state index is 0.305. The lowest BCUT2D eigenvalue weighted by Gasteiger charge is -2.27. The molecule has 1 aliphatic rings. The lowest BCUT2D eigenvalue weighted by Crippen LogP contribution is -2.44. The maximum Gasteiger partial charge on any atom is 0.183 e. The monoisotopic (exact) mass is 134 g/mol. The highest BCUT2D eigenvalue weighted by atomic mass is 16.6. The van der Waals surface area contributed by atoms with Crippen molar-refractivity contribution in [2.45, 2.75) is 24.9 Å². The highest BCUT2D eigenvalue weighted by Crippen LogP contribution is 2.11. The molecule has 3 N–H and O–H groups in total. The third-order valence-electron chi connectivity index (χ3n) is 1.39. The van der Waals surface area contributed by atoms with Crippen molar-refractivity contribution in [2.75, 3.05) is 6.61 Å². The molecule has 4 nitrogen and oxygen atoms in total. The molecule has 4 heteroatoms. The van der Waals surface area contributed by atoms with E-state index >= 15 is 0 Å². The second-order valence-corrected chi connectivity index (χ2v) is 2.11. The summed E-state index contributed by atoms with van der Waals surface area (Å²) in [4.78, 5) is 0. The van der Waals surface area contributed by atoms with Crippen LogP contribution >= 0.6 is 0 Å². The molecule has 0 bridgehead atoms. The van der Waals surface area contributed by atoms with Crippen molar-refractivity contribution in [3.8, 4) is 0 Å². The number of ether oxygens (including phenoxy) is 1. The molecule has 9 heavy (non-hydrogen) atoms. The molecule has 1 rings (SSSR count). The molecule has 0 aromatic carbocycles. The molecule has 0 saturated carbocycles. The van der Waals surface area contributed by atoms with E-state index < -0.39 is 18.5 Å². The Morgan fingerprint density at radius 1 is 1.22 bits per heavy atom. The lowest BCUT2D eigenvalue weighted by molar-refractivity contribution is -0.219. The van der Waals surface area contributed by atoms with E-state index in [1.165, 1.54) is 0 Å². The van der Waals surface area contributed by atoms with Gasteiger partial charge in [-0.05, 0) is 6.42 Å². The summed E-state index contributed by atoms with van der Waals surface area (Å²) in [6.45, 7) is 0.305. The molecule has 0 spiro atoms. The van der Waals surface area contributed by atoms with Crippen LogP contribution in [0.2, 0.25) is 0 Å². The molecule has 1 heterocycles. The van der Waals surface area contributed by atoms with Crippen LogP contribution in [0.5, 0.6) is 0 Å². The van der Waals surface area contributed by atoms with Gasteiger partial charge in [0.2, 0.25) is 0 Å². The summed E-state index contributed by atoms with van der Waals surface area (Å²) in [5, 5.41) is 26.4. The molecule has 0 aromatic heterocycles. The number of rotatable bonds is 0. The van der Waals surface area contributed by atoms with Gasteiger partial charge in [-0.15, -0.1) is 0 Å². The lowest BCUT2D eigenvalue weighted by atomic mass is 10.1. The van der Waals surface area contributed by atoms with Crippen LogP contribution in [0, 0.1) is 0 Å². The normalized spacial score (nSPS) is 45.0. The smallest absolute Gasteiger partial charge is 0.183 e. The third-order valence-corrected chi connectivity index (χ3v) is 1.39. The van der Waals surface area contributed by atoms with E-state index in [2.05, 4.69) is 4.74 Å². The molecular weight excluding hydrogens is 124 g/mol. The summed E-state index contributed by atoms with van der Waals surface area (Å²) < 4.78 is 4.61. The summed E-state index contributed by atoms with van der Waals surface area (Å²) in [7, 11) is 0. The molecule has 1 saturated heterocycles. The fraction of sp³-hybridized carbons (Fsp3) is 1.00. The van der Waals surface area contributed by atoms with Crippen LogP contribution < -0.4 is 0 Å². The van der Waals surface area contributed by atoms with Gasteiger partial charge in [0, 0.05) is 0 Å². The zero-order valence-electron chi connectivity index (χ0n) is 4.90. The predicted octanol–water partition coefficient (Wildman–Crippen LogP) is -1.55. The molecule has 3 atom stereocenters. The summed E-state index contributed by atoms with van der Waals surface area (Å²) in [5.74, 6) is 0. The Kier molecular flexibility index (Phi) is 2.02. The van der Waals surface area contributed by atoms with Gasteiger partial charge in [0.1, 0.15) is 6.10 Å². The molecule has 1 aliphatic heterocycles. The first-order valence-corrected chi connectivity index (χ1v) is 2.87. The Balaban J connectivity index is 2.41. The van der Waals surface area contributed by atoms with Gasteiger partial charge in [0.25, 0.3) is 0 Å². The fourth-order valence-electron chi connectivity index (χ4n) is 0.769. The highest BCUT2D eigenvalue weighted by Gasteiger charge is 2.29.